The molecular weight excluding hydrogens is 565 g/mol. The van der Waals surface area contributed by atoms with E-state index in [1.807, 2.05) is 24.3 Å². The Balaban J connectivity index is 1.41. The van der Waals surface area contributed by atoms with Crippen molar-refractivity contribution in [1.29, 1.82) is 0 Å². The maximum atomic E-state index is 12.4. The summed E-state index contributed by atoms with van der Waals surface area (Å²) in [5, 5.41) is 16.1. The van der Waals surface area contributed by atoms with Crippen LogP contribution in [-0.2, 0) is 6.61 Å². The molecule has 0 aliphatic heterocycles. The number of nitro groups is 1. The van der Waals surface area contributed by atoms with Gasteiger partial charge in [-0.15, -0.1) is 11.3 Å². The Morgan fingerprint density at radius 2 is 1.82 bits per heavy atom. The molecule has 3 aromatic carbocycles. The SMILES string of the molecule is O=C(N/N=C\c1cc(Cl)c(OCc2ccc(Br)cc2)c(Cl)c1)c1cc2cc([N+](=O)[O-])ccc2s1. The number of amides is 1. The normalized spacial score (nSPS) is 11.1. The van der Waals surface area contributed by atoms with E-state index in [9.17, 15) is 14.9 Å². The van der Waals surface area contributed by atoms with Gasteiger partial charge in [0.2, 0.25) is 0 Å². The Bertz CT molecular complexity index is 1400. The van der Waals surface area contributed by atoms with E-state index in [0.29, 0.717) is 38.2 Å². The fourth-order valence-corrected chi connectivity index (χ4v) is 4.82. The lowest BCUT2D eigenvalue weighted by atomic mass is 10.2. The Kier molecular flexibility index (Phi) is 7.47. The van der Waals surface area contributed by atoms with Crippen molar-refractivity contribution in [2.45, 2.75) is 6.61 Å². The minimum absolute atomic E-state index is 0.0340. The highest BCUT2D eigenvalue weighted by Gasteiger charge is 2.13. The first kappa shape index (κ1) is 24.2. The van der Waals surface area contributed by atoms with E-state index in [2.05, 4.69) is 26.5 Å². The summed E-state index contributed by atoms with van der Waals surface area (Å²) in [6.07, 6.45) is 1.41. The van der Waals surface area contributed by atoms with Crippen molar-refractivity contribution < 1.29 is 14.5 Å². The first-order chi connectivity index (χ1) is 16.3. The van der Waals surface area contributed by atoms with Gasteiger partial charge in [-0.2, -0.15) is 5.10 Å². The van der Waals surface area contributed by atoms with Crippen LogP contribution in [0.2, 0.25) is 10.0 Å². The monoisotopic (exact) mass is 577 g/mol. The second-order valence-corrected chi connectivity index (χ2v) is 9.83. The molecule has 1 aromatic heterocycles. The molecular formula is C23H14BrCl2N3O4S. The van der Waals surface area contributed by atoms with E-state index in [0.717, 1.165) is 14.7 Å². The predicted molar refractivity (Wildman–Crippen MR) is 138 cm³/mol. The van der Waals surface area contributed by atoms with Gasteiger partial charge in [-0.1, -0.05) is 51.3 Å². The van der Waals surface area contributed by atoms with Crippen LogP contribution in [0.4, 0.5) is 5.69 Å². The van der Waals surface area contributed by atoms with Gasteiger partial charge in [0.1, 0.15) is 6.61 Å². The summed E-state index contributed by atoms with van der Waals surface area (Å²) in [6.45, 7) is 0.300. The molecule has 0 saturated carbocycles. The van der Waals surface area contributed by atoms with Crippen LogP contribution in [0, 0.1) is 10.1 Å². The summed E-state index contributed by atoms with van der Waals surface area (Å²) >= 11 is 17.3. The zero-order chi connectivity index (χ0) is 24.2. The van der Waals surface area contributed by atoms with Crippen molar-refractivity contribution in [2.24, 2.45) is 5.10 Å². The highest BCUT2D eigenvalue weighted by Crippen LogP contribution is 2.34. The first-order valence-corrected chi connectivity index (χ1v) is 12.0. The molecule has 0 unspecified atom stereocenters. The number of fused-ring (bicyclic) bond motifs is 1. The molecule has 11 heteroatoms. The van der Waals surface area contributed by atoms with Gasteiger partial charge in [-0.3, -0.25) is 14.9 Å². The number of benzene rings is 3. The quantitative estimate of drug-likeness (QED) is 0.142. The van der Waals surface area contributed by atoms with Gasteiger partial charge in [-0.05, 0) is 47.5 Å². The molecule has 4 aromatic rings. The number of hydrogen-bond donors (Lipinski definition) is 1. The van der Waals surface area contributed by atoms with Crippen LogP contribution in [0.3, 0.4) is 0 Å². The Hall–Kier alpha value is -2.98. The van der Waals surface area contributed by atoms with Crippen molar-refractivity contribution in [1.82, 2.24) is 5.43 Å². The number of halogens is 3. The van der Waals surface area contributed by atoms with Gasteiger partial charge in [-0.25, -0.2) is 5.43 Å². The van der Waals surface area contributed by atoms with E-state index in [1.165, 1.54) is 29.7 Å². The Morgan fingerprint density at radius 3 is 2.50 bits per heavy atom. The summed E-state index contributed by atoms with van der Waals surface area (Å²) in [6, 6.07) is 17.0. The van der Waals surface area contributed by atoms with E-state index < -0.39 is 10.8 Å². The third kappa shape index (κ3) is 5.74. The van der Waals surface area contributed by atoms with Crippen LogP contribution in [0.15, 0.2) is 70.2 Å². The van der Waals surface area contributed by atoms with E-state index in [4.69, 9.17) is 27.9 Å². The number of carbonyl (C=O) groups is 1. The number of hydrogen-bond acceptors (Lipinski definition) is 6. The van der Waals surface area contributed by atoms with Gasteiger partial charge in [0.15, 0.2) is 5.75 Å². The average molecular weight is 579 g/mol. The second-order valence-electron chi connectivity index (χ2n) is 7.02. The van der Waals surface area contributed by atoms with Crippen LogP contribution in [0.1, 0.15) is 20.8 Å². The predicted octanol–water partition coefficient (Wildman–Crippen LogP) is 7.22. The summed E-state index contributed by atoms with van der Waals surface area (Å²) in [5.41, 5.74) is 3.93. The number of nitrogens with zero attached hydrogens (tertiary/aromatic N) is 2. The summed E-state index contributed by atoms with van der Waals surface area (Å²) < 4.78 is 7.50. The molecule has 7 nitrogen and oxygen atoms in total. The highest BCUT2D eigenvalue weighted by atomic mass is 79.9. The van der Waals surface area contributed by atoms with Crippen LogP contribution >= 0.6 is 50.5 Å². The van der Waals surface area contributed by atoms with Crippen molar-refractivity contribution in [3.05, 3.63) is 101 Å². The molecule has 0 atom stereocenters. The van der Waals surface area contributed by atoms with E-state index in [1.54, 1.807) is 24.3 Å². The van der Waals surface area contributed by atoms with Crippen LogP contribution in [-0.4, -0.2) is 17.0 Å². The molecule has 0 radical (unpaired) electrons. The number of non-ortho nitro benzene ring substituents is 1. The summed E-state index contributed by atoms with van der Waals surface area (Å²) in [5.74, 6) is -0.0847. The molecule has 1 heterocycles. The van der Waals surface area contributed by atoms with Crippen molar-refractivity contribution in [3.63, 3.8) is 0 Å². The molecule has 0 saturated heterocycles. The van der Waals surface area contributed by atoms with E-state index >= 15 is 0 Å². The second kappa shape index (κ2) is 10.5. The number of nitrogens with one attached hydrogen (secondary N) is 1. The average Bonchev–Trinajstić information content (AvgIpc) is 3.23. The number of carbonyl (C=O) groups excluding carboxylic acids is 1. The third-order valence-electron chi connectivity index (χ3n) is 4.63. The Labute approximate surface area is 216 Å². The summed E-state index contributed by atoms with van der Waals surface area (Å²) in [4.78, 5) is 23.3. The molecule has 0 fully saturated rings. The number of nitro benzene ring substituents is 1. The topological polar surface area (TPSA) is 93.8 Å². The maximum Gasteiger partial charge on any atom is 0.281 e. The molecule has 0 aliphatic carbocycles. The molecule has 1 amide bonds. The Morgan fingerprint density at radius 1 is 1.12 bits per heavy atom. The largest absolute Gasteiger partial charge is 0.486 e. The lowest BCUT2D eigenvalue weighted by Crippen LogP contribution is -2.16. The zero-order valence-corrected chi connectivity index (χ0v) is 21.0. The molecule has 0 aliphatic rings. The van der Waals surface area contributed by atoms with Crippen LogP contribution in [0.5, 0.6) is 5.75 Å². The molecule has 0 bridgehead atoms. The van der Waals surface area contributed by atoms with Crippen molar-refractivity contribution in [3.8, 4) is 5.75 Å². The third-order valence-corrected chi connectivity index (χ3v) is 6.84. The highest BCUT2D eigenvalue weighted by molar-refractivity contribution is 9.10. The van der Waals surface area contributed by atoms with Crippen LogP contribution < -0.4 is 10.2 Å². The molecule has 172 valence electrons. The van der Waals surface area contributed by atoms with Gasteiger partial charge >= 0.3 is 0 Å². The molecule has 4 rings (SSSR count). The minimum Gasteiger partial charge on any atom is -0.486 e. The van der Waals surface area contributed by atoms with E-state index in [-0.39, 0.29) is 5.69 Å². The lowest BCUT2D eigenvalue weighted by molar-refractivity contribution is -0.384. The summed E-state index contributed by atoms with van der Waals surface area (Å²) in [7, 11) is 0. The van der Waals surface area contributed by atoms with Crippen molar-refractivity contribution >= 4 is 78.4 Å². The van der Waals surface area contributed by atoms with Gasteiger partial charge in [0.05, 0.1) is 26.1 Å². The van der Waals surface area contributed by atoms with Crippen LogP contribution in [0.25, 0.3) is 10.1 Å². The molecule has 0 spiro atoms. The molecule has 1 N–H and O–H groups in total. The maximum absolute atomic E-state index is 12.4. The molecule has 34 heavy (non-hydrogen) atoms. The lowest BCUT2D eigenvalue weighted by Gasteiger charge is -2.11. The number of hydrazone groups is 1. The first-order valence-electron chi connectivity index (χ1n) is 9.68. The standard InChI is InChI=1S/C23H14BrCl2N3O4S/c24-16-3-1-13(2-4-16)12-33-22-18(25)7-14(8-19(22)26)11-27-28-23(30)21-10-15-9-17(29(31)32)5-6-20(15)34-21/h1-11H,12H2,(H,28,30)/b27-11-. The number of rotatable bonds is 7. The van der Waals surface area contributed by atoms with Gasteiger partial charge in [0, 0.05) is 26.7 Å². The zero-order valence-electron chi connectivity index (χ0n) is 17.1. The van der Waals surface area contributed by atoms with Gasteiger partial charge in [0.25, 0.3) is 11.6 Å². The van der Waals surface area contributed by atoms with Gasteiger partial charge < -0.3 is 4.74 Å². The fraction of sp³-hybridized carbons (Fsp3) is 0.0435. The fourth-order valence-electron chi connectivity index (χ4n) is 3.00. The number of ether oxygens (including phenoxy) is 1. The smallest absolute Gasteiger partial charge is 0.281 e. The van der Waals surface area contributed by atoms with Crippen molar-refractivity contribution in [2.75, 3.05) is 0 Å². The number of thiophene rings is 1. The minimum atomic E-state index is -0.478.